The Morgan fingerprint density at radius 1 is 1.16 bits per heavy atom. The number of ether oxygens (including phenoxy) is 2. The summed E-state index contributed by atoms with van der Waals surface area (Å²) in [6.45, 7) is 6.83. The lowest BCUT2D eigenvalue weighted by Crippen LogP contribution is -2.46. The maximum absolute atomic E-state index is 12.7. The van der Waals surface area contributed by atoms with E-state index in [1.165, 1.54) is 23.5 Å². The molecule has 2 heterocycles. The molecule has 0 amide bonds. The van der Waals surface area contributed by atoms with Crippen molar-refractivity contribution >= 4 is 23.4 Å². The van der Waals surface area contributed by atoms with Gasteiger partial charge in [-0.15, -0.1) is 11.8 Å². The lowest BCUT2D eigenvalue weighted by molar-refractivity contribution is -0.146. The van der Waals surface area contributed by atoms with Gasteiger partial charge in [0, 0.05) is 38.4 Å². The number of phenolic OH excluding ortho intramolecular Hbond substituents is 1. The van der Waals surface area contributed by atoms with E-state index in [4.69, 9.17) is 9.47 Å². The average molecular weight is 459 g/mol. The molecule has 1 fully saturated rings. The molecule has 1 saturated heterocycles. The number of thioether (sulfide) groups is 1. The summed E-state index contributed by atoms with van der Waals surface area (Å²) in [6, 6.07) is 15.1. The molecule has 0 bridgehead atoms. The van der Waals surface area contributed by atoms with Crippen molar-refractivity contribution in [3.8, 4) is 11.5 Å². The minimum absolute atomic E-state index is 0.0865. The summed E-state index contributed by atoms with van der Waals surface area (Å²) < 4.78 is 11.3. The molecule has 4 rings (SSSR count). The first-order chi connectivity index (χ1) is 15.5. The number of aliphatic hydroxyl groups is 1. The third-order valence-electron chi connectivity index (χ3n) is 5.87. The van der Waals surface area contributed by atoms with Crippen LogP contribution in [0.3, 0.4) is 0 Å². The predicted molar refractivity (Wildman–Crippen MR) is 125 cm³/mol. The second-order valence-electron chi connectivity index (χ2n) is 8.17. The quantitative estimate of drug-likeness (QED) is 0.505. The van der Waals surface area contributed by atoms with Crippen molar-refractivity contribution in [2.24, 2.45) is 0 Å². The monoisotopic (exact) mass is 458 g/mol. The number of hydrogen-bond acceptors (Lipinski definition) is 8. The van der Waals surface area contributed by atoms with Gasteiger partial charge in [0.15, 0.2) is 0 Å². The number of hydrogen-bond donors (Lipinski definition) is 2. The number of benzene rings is 2. The molecule has 0 spiro atoms. The lowest BCUT2D eigenvalue weighted by atomic mass is 10.1. The van der Waals surface area contributed by atoms with Crippen molar-refractivity contribution in [1.82, 2.24) is 4.90 Å². The fourth-order valence-corrected chi connectivity index (χ4v) is 5.23. The number of carbonyl (C=O) groups is 1. The second kappa shape index (κ2) is 10.5. The fourth-order valence-electron chi connectivity index (χ4n) is 4.01. The number of phenols is 1. The van der Waals surface area contributed by atoms with Crippen LogP contribution < -0.4 is 9.64 Å². The minimum Gasteiger partial charge on any atom is -0.508 e. The molecular formula is C24H30N2O5S. The minimum atomic E-state index is -1.01. The van der Waals surface area contributed by atoms with E-state index in [2.05, 4.69) is 34.1 Å². The third kappa shape index (κ3) is 5.49. The molecule has 2 aromatic carbocycles. The van der Waals surface area contributed by atoms with Crippen LogP contribution in [0.15, 0.2) is 53.4 Å². The molecule has 3 atom stereocenters. The highest BCUT2D eigenvalue weighted by atomic mass is 32.2. The molecule has 0 aliphatic carbocycles. The molecule has 172 valence electrons. The average Bonchev–Trinajstić information content (AvgIpc) is 2.93. The van der Waals surface area contributed by atoms with Gasteiger partial charge in [-0.3, -0.25) is 9.69 Å². The van der Waals surface area contributed by atoms with Gasteiger partial charge < -0.3 is 24.6 Å². The van der Waals surface area contributed by atoms with Gasteiger partial charge in [-0.25, -0.2) is 0 Å². The van der Waals surface area contributed by atoms with E-state index < -0.39 is 23.4 Å². The van der Waals surface area contributed by atoms with Crippen LogP contribution in [0.2, 0.25) is 0 Å². The summed E-state index contributed by atoms with van der Waals surface area (Å²) in [6.07, 6.45) is -0.826. The van der Waals surface area contributed by atoms with Crippen LogP contribution in [0.1, 0.15) is 13.3 Å². The van der Waals surface area contributed by atoms with Gasteiger partial charge in [-0.2, -0.15) is 0 Å². The number of piperazine rings is 1. The van der Waals surface area contributed by atoms with Crippen LogP contribution in [0.5, 0.6) is 11.5 Å². The SMILES string of the molecule is CC1Oc2ccc(O)cc2S[C@@H](C(=O)OCCCN2CCN(c3ccccc3)CC2)[C@H]1O. The van der Waals surface area contributed by atoms with Crippen LogP contribution >= 0.6 is 11.8 Å². The van der Waals surface area contributed by atoms with Crippen LogP contribution in [-0.4, -0.2) is 77.9 Å². The summed E-state index contributed by atoms with van der Waals surface area (Å²) in [5.41, 5.74) is 1.26. The topological polar surface area (TPSA) is 82.5 Å². The molecule has 32 heavy (non-hydrogen) atoms. The van der Waals surface area contributed by atoms with Crippen molar-refractivity contribution in [2.45, 2.75) is 35.7 Å². The Hall–Kier alpha value is -2.42. The molecule has 7 nitrogen and oxygen atoms in total. The molecule has 0 aromatic heterocycles. The Bertz CT molecular complexity index is 905. The number of anilines is 1. The maximum Gasteiger partial charge on any atom is 0.322 e. The third-order valence-corrected chi connectivity index (χ3v) is 7.17. The largest absolute Gasteiger partial charge is 0.508 e. The van der Waals surface area contributed by atoms with Crippen LogP contribution in [0, 0.1) is 0 Å². The van der Waals surface area contributed by atoms with E-state index in [0.29, 0.717) is 17.3 Å². The molecule has 8 heteroatoms. The lowest BCUT2D eigenvalue weighted by Gasteiger charge is -2.36. The van der Waals surface area contributed by atoms with E-state index >= 15 is 0 Å². The second-order valence-corrected chi connectivity index (χ2v) is 9.35. The first-order valence-electron chi connectivity index (χ1n) is 11.0. The van der Waals surface area contributed by atoms with Crippen molar-refractivity contribution in [2.75, 3.05) is 44.2 Å². The molecule has 0 radical (unpaired) electrons. The predicted octanol–water partition coefficient (Wildman–Crippen LogP) is 2.75. The van der Waals surface area contributed by atoms with Crippen molar-refractivity contribution < 1.29 is 24.5 Å². The Balaban J connectivity index is 1.22. The van der Waals surface area contributed by atoms with Crippen molar-refractivity contribution in [1.29, 1.82) is 0 Å². The van der Waals surface area contributed by atoms with Gasteiger partial charge in [0.2, 0.25) is 0 Å². The smallest absolute Gasteiger partial charge is 0.322 e. The zero-order valence-corrected chi connectivity index (χ0v) is 19.0. The molecule has 2 aliphatic rings. The summed E-state index contributed by atoms with van der Waals surface area (Å²) >= 11 is 1.17. The highest BCUT2D eigenvalue weighted by molar-refractivity contribution is 8.00. The van der Waals surface area contributed by atoms with Gasteiger partial charge in [-0.1, -0.05) is 18.2 Å². The zero-order chi connectivity index (χ0) is 22.5. The number of aliphatic hydroxyl groups excluding tert-OH is 1. The molecular weight excluding hydrogens is 428 g/mol. The molecule has 2 N–H and O–H groups in total. The Kier molecular flexibility index (Phi) is 7.44. The van der Waals surface area contributed by atoms with Gasteiger partial charge >= 0.3 is 5.97 Å². The van der Waals surface area contributed by atoms with Crippen LogP contribution in [0.4, 0.5) is 5.69 Å². The molecule has 2 aliphatic heterocycles. The summed E-state index contributed by atoms with van der Waals surface area (Å²) in [7, 11) is 0. The van der Waals surface area contributed by atoms with Crippen molar-refractivity contribution in [3.05, 3.63) is 48.5 Å². The van der Waals surface area contributed by atoms with E-state index in [1.807, 2.05) is 6.07 Å². The zero-order valence-electron chi connectivity index (χ0n) is 18.2. The highest BCUT2D eigenvalue weighted by Gasteiger charge is 2.38. The number of nitrogens with zero attached hydrogens (tertiary/aromatic N) is 2. The van der Waals surface area contributed by atoms with Gasteiger partial charge in [0.05, 0.1) is 11.5 Å². The van der Waals surface area contributed by atoms with Crippen LogP contribution in [-0.2, 0) is 9.53 Å². The molecule has 0 saturated carbocycles. The van der Waals surface area contributed by atoms with Gasteiger partial charge in [-0.05, 0) is 43.7 Å². The van der Waals surface area contributed by atoms with Gasteiger partial charge in [0.25, 0.3) is 0 Å². The maximum atomic E-state index is 12.7. The summed E-state index contributed by atoms with van der Waals surface area (Å²) in [5.74, 6) is 0.177. The highest BCUT2D eigenvalue weighted by Crippen LogP contribution is 2.40. The number of esters is 1. The van der Waals surface area contributed by atoms with E-state index in [1.54, 1.807) is 19.1 Å². The van der Waals surface area contributed by atoms with E-state index in [0.717, 1.165) is 39.1 Å². The van der Waals surface area contributed by atoms with Crippen LogP contribution in [0.25, 0.3) is 0 Å². The molecule has 2 aromatic rings. The first kappa shape index (κ1) is 22.8. The number of fused-ring (bicyclic) bond motifs is 1. The first-order valence-corrected chi connectivity index (χ1v) is 11.9. The number of para-hydroxylation sites is 1. The standard InChI is InChI=1S/C24H30N2O5S/c1-17-22(28)23(32-21-16-19(27)8-9-20(21)31-17)24(29)30-15-5-10-25-11-13-26(14-12-25)18-6-3-2-4-7-18/h2-4,6-9,16-17,22-23,27-28H,5,10-15H2,1H3/t17?,22-,23+/m0/s1. The number of aromatic hydroxyl groups is 1. The van der Waals surface area contributed by atoms with E-state index in [-0.39, 0.29) is 5.75 Å². The summed E-state index contributed by atoms with van der Waals surface area (Å²) in [4.78, 5) is 18.1. The van der Waals surface area contributed by atoms with Gasteiger partial charge in [0.1, 0.15) is 29.0 Å². The Morgan fingerprint density at radius 2 is 1.91 bits per heavy atom. The fraction of sp³-hybridized carbons (Fsp3) is 0.458. The Morgan fingerprint density at radius 3 is 2.66 bits per heavy atom. The molecule has 1 unspecified atom stereocenters. The number of rotatable bonds is 6. The van der Waals surface area contributed by atoms with Crippen molar-refractivity contribution in [3.63, 3.8) is 0 Å². The normalized spacial score (nSPS) is 23.7. The Labute approximate surface area is 192 Å². The summed E-state index contributed by atoms with van der Waals surface area (Å²) in [5, 5.41) is 19.5. The number of carbonyl (C=O) groups excluding carboxylic acids is 1. The van der Waals surface area contributed by atoms with E-state index in [9.17, 15) is 15.0 Å².